The normalized spacial score (nSPS) is 12.0. The number of carbonyl (C=O) groups is 1. The lowest BCUT2D eigenvalue weighted by atomic mass is 9.83. The summed E-state index contributed by atoms with van der Waals surface area (Å²) >= 11 is 0. The Morgan fingerprint density at radius 3 is 2.09 bits per heavy atom. The van der Waals surface area contributed by atoms with E-state index in [9.17, 15) is 13.2 Å². The molecule has 0 bridgehead atoms. The molecule has 0 saturated carbocycles. The molecule has 3 aromatic rings. The molecule has 1 N–H and O–H groups in total. The Morgan fingerprint density at radius 2 is 1.55 bits per heavy atom. The summed E-state index contributed by atoms with van der Waals surface area (Å²) in [5.41, 5.74) is 4.11. The minimum atomic E-state index is -3.33. The Morgan fingerprint density at radius 1 is 0.909 bits per heavy atom. The lowest BCUT2D eigenvalue weighted by molar-refractivity contribution is 0.103. The molecule has 0 spiro atoms. The van der Waals surface area contributed by atoms with Crippen molar-refractivity contribution in [2.45, 2.75) is 26.2 Å². The van der Waals surface area contributed by atoms with E-state index in [1.807, 2.05) is 66.7 Å². The van der Waals surface area contributed by atoms with Gasteiger partial charge >= 0.3 is 0 Å². The van der Waals surface area contributed by atoms with Crippen LogP contribution in [0.25, 0.3) is 12.2 Å². The van der Waals surface area contributed by atoms with Crippen molar-refractivity contribution in [3.63, 3.8) is 0 Å². The fourth-order valence-corrected chi connectivity index (χ4v) is 4.07. The summed E-state index contributed by atoms with van der Waals surface area (Å²) in [7, 11) is -1.69. The third-order valence-corrected chi connectivity index (χ3v) is 5.70. The first-order valence-corrected chi connectivity index (χ1v) is 12.5. The zero-order chi connectivity index (χ0) is 24.2. The Balaban J connectivity index is 2.03. The molecular formula is C27H29NO4S. The highest BCUT2D eigenvalue weighted by Gasteiger charge is 2.23. The zero-order valence-corrected chi connectivity index (χ0v) is 20.4. The third kappa shape index (κ3) is 6.33. The van der Waals surface area contributed by atoms with Gasteiger partial charge < -0.3 is 4.74 Å². The van der Waals surface area contributed by atoms with Gasteiger partial charge in [0.05, 0.1) is 13.4 Å². The second-order valence-corrected chi connectivity index (χ2v) is 10.7. The number of sulfonamides is 1. The van der Waals surface area contributed by atoms with Crippen LogP contribution in [0.4, 0.5) is 5.69 Å². The van der Waals surface area contributed by atoms with Crippen LogP contribution in [-0.4, -0.2) is 27.6 Å². The lowest BCUT2D eigenvalue weighted by Crippen LogP contribution is -2.15. The average molecular weight is 464 g/mol. The van der Waals surface area contributed by atoms with Crippen molar-refractivity contribution in [3.05, 3.63) is 94.5 Å². The zero-order valence-electron chi connectivity index (χ0n) is 19.5. The number of nitrogens with one attached hydrogen (secondary N) is 1. The largest absolute Gasteiger partial charge is 0.496 e. The highest BCUT2D eigenvalue weighted by molar-refractivity contribution is 7.92. The van der Waals surface area contributed by atoms with Crippen molar-refractivity contribution in [3.8, 4) is 5.75 Å². The lowest BCUT2D eigenvalue weighted by Gasteiger charge is -2.24. The Kier molecular flexibility index (Phi) is 7.08. The van der Waals surface area contributed by atoms with Crippen molar-refractivity contribution < 1.29 is 17.9 Å². The van der Waals surface area contributed by atoms with Gasteiger partial charge in [-0.05, 0) is 35.2 Å². The van der Waals surface area contributed by atoms with Crippen LogP contribution < -0.4 is 9.46 Å². The average Bonchev–Trinajstić information content (AvgIpc) is 2.76. The number of hydrogen-bond donors (Lipinski definition) is 1. The van der Waals surface area contributed by atoms with E-state index in [2.05, 4.69) is 25.5 Å². The smallest absolute Gasteiger partial charge is 0.229 e. The van der Waals surface area contributed by atoms with Gasteiger partial charge in [-0.15, -0.1) is 0 Å². The van der Waals surface area contributed by atoms with Gasteiger partial charge in [0.2, 0.25) is 10.0 Å². The molecule has 0 amide bonds. The summed E-state index contributed by atoms with van der Waals surface area (Å²) in [6.45, 7) is 6.26. The highest BCUT2D eigenvalue weighted by Crippen LogP contribution is 2.37. The Hall–Kier alpha value is -3.38. The van der Waals surface area contributed by atoms with E-state index in [0.29, 0.717) is 16.8 Å². The molecule has 3 aromatic carbocycles. The van der Waals surface area contributed by atoms with E-state index >= 15 is 0 Å². The van der Waals surface area contributed by atoms with Crippen LogP contribution in [0.2, 0.25) is 0 Å². The topological polar surface area (TPSA) is 72.5 Å². The molecule has 0 radical (unpaired) electrons. The molecule has 0 aliphatic heterocycles. The van der Waals surface area contributed by atoms with Gasteiger partial charge in [0.1, 0.15) is 5.75 Å². The molecule has 0 aromatic heterocycles. The monoisotopic (exact) mass is 463 g/mol. The molecule has 0 saturated heterocycles. The first-order chi connectivity index (χ1) is 15.5. The van der Waals surface area contributed by atoms with Crippen molar-refractivity contribution in [2.24, 2.45) is 0 Å². The minimum absolute atomic E-state index is 0.0467. The summed E-state index contributed by atoms with van der Waals surface area (Å²) in [6, 6.07) is 20.0. The summed E-state index contributed by atoms with van der Waals surface area (Å²) < 4.78 is 31.0. The summed E-state index contributed by atoms with van der Waals surface area (Å²) in [6.07, 6.45) is 4.93. The Labute approximate surface area is 196 Å². The molecule has 0 atom stereocenters. The van der Waals surface area contributed by atoms with Gasteiger partial charge in [-0.2, -0.15) is 0 Å². The molecule has 3 rings (SSSR count). The van der Waals surface area contributed by atoms with Crippen LogP contribution in [-0.2, 0) is 15.4 Å². The fourth-order valence-electron chi connectivity index (χ4n) is 3.51. The number of hydrogen-bond acceptors (Lipinski definition) is 4. The fraction of sp³-hybridized carbons (Fsp3) is 0.222. The molecule has 5 nitrogen and oxygen atoms in total. The minimum Gasteiger partial charge on any atom is -0.496 e. The van der Waals surface area contributed by atoms with E-state index in [-0.39, 0.29) is 11.2 Å². The molecule has 33 heavy (non-hydrogen) atoms. The van der Waals surface area contributed by atoms with E-state index in [1.54, 1.807) is 19.2 Å². The number of methoxy groups -OCH3 is 1. The number of ether oxygens (including phenoxy) is 1. The van der Waals surface area contributed by atoms with Crippen LogP contribution in [0.15, 0.2) is 66.7 Å². The van der Waals surface area contributed by atoms with E-state index < -0.39 is 10.0 Å². The first-order valence-electron chi connectivity index (χ1n) is 10.6. The third-order valence-electron chi connectivity index (χ3n) is 5.10. The Bertz CT molecular complexity index is 1270. The summed E-state index contributed by atoms with van der Waals surface area (Å²) in [5.74, 6) is 0.674. The molecule has 172 valence electrons. The van der Waals surface area contributed by atoms with Crippen molar-refractivity contribution in [1.29, 1.82) is 0 Å². The van der Waals surface area contributed by atoms with Gasteiger partial charge in [0.25, 0.3) is 0 Å². The predicted molar refractivity (Wildman–Crippen MR) is 135 cm³/mol. The molecule has 0 heterocycles. The second kappa shape index (κ2) is 9.63. The maximum Gasteiger partial charge on any atom is 0.229 e. The SMILES string of the molecule is COc1c(/C=C/c2ccc(NS(C)(=O)=O)cc2)cc(C(=O)c2ccccc2)cc1C(C)(C)C. The van der Waals surface area contributed by atoms with Crippen molar-refractivity contribution in [1.82, 2.24) is 0 Å². The summed E-state index contributed by atoms with van der Waals surface area (Å²) in [4.78, 5) is 13.2. The molecule has 0 aliphatic rings. The van der Waals surface area contributed by atoms with Crippen LogP contribution in [0.3, 0.4) is 0 Å². The molecular weight excluding hydrogens is 434 g/mol. The quantitative estimate of drug-likeness (QED) is 0.357. The summed E-state index contributed by atoms with van der Waals surface area (Å²) in [5, 5.41) is 0. The van der Waals surface area contributed by atoms with Gasteiger partial charge in [0.15, 0.2) is 5.78 Å². The van der Waals surface area contributed by atoms with Gasteiger partial charge in [0, 0.05) is 27.9 Å². The standard InChI is InChI=1S/C27H29NO4S/c1-27(2,3)24-18-22(25(29)20-9-7-6-8-10-20)17-21(26(24)32-4)14-11-19-12-15-23(16-13-19)28-33(5,30)31/h6-18,28H,1-5H3/b14-11+. The van der Waals surface area contributed by atoms with Crippen LogP contribution in [0, 0.1) is 0 Å². The van der Waals surface area contributed by atoms with E-state index in [0.717, 1.165) is 28.7 Å². The maximum absolute atomic E-state index is 13.2. The van der Waals surface area contributed by atoms with E-state index in [1.165, 1.54) is 0 Å². The maximum atomic E-state index is 13.2. The number of benzene rings is 3. The highest BCUT2D eigenvalue weighted by atomic mass is 32.2. The second-order valence-electron chi connectivity index (χ2n) is 8.92. The number of carbonyl (C=O) groups excluding carboxylic acids is 1. The van der Waals surface area contributed by atoms with E-state index in [4.69, 9.17) is 4.74 Å². The van der Waals surface area contributed by atoms with Crippen molar-refractivity contribution in [2.75, 3.05) is 18.1 Å². The van der Waals surface area contributed by atoms with Crippen LogP contribution in [0.5, 0.6) is 5.75 Å². The predicted octanol–water partition coefficient (Wildman–Crippen LogP) is 5.77. The van der Waals surface area contributed by atoms with Gasteiger partial charge in [-0.1, -0.05) is 75.4 Å². The molecule has 6 heteroatoms. The number of ketones is 1. The molecule has 0 aliphatic carbocycles. The van der Waals surface area contributed by atoms with Crippen molar-refractivity contribution >= 4 is 33.6 Å². The molecule has 0 fully saturated rings. The molecule has 0 unspecified atom stereocenters. The number of rotatable bonds is 7. The van der Waals surface area contributed by atoms with Gasteiger partial charge in [-0.25, -0.2) is 8.42 Å². The van der Waals surface area contributed by atoms with Crippen LogP contribution in [0.1, 0.15) is 53.4 Å². The van der Waals surface area contributed by atoms with Gasteiger partial charge in [-0.3, -0.25) is 9.52 Å². The first kappa shape index (κ1) is 24.3. The number of anilines is 1. The van der Waals surface area contributed by atoms with Crippen LogP contribution >= 0.6 is 0 Å².